The molecule has 0 aliphatic heterocycles. The Morgan fingerprint density at radius 1 is 1.13 bits per heavy atom. The summed E-state index contributed by atoms with van der Waals surface area (Å²) in [7, 11) is 0. The standard InChI is InChI=1S/C23H30N2O5/c1-14(2)30-21(26)10-19(18-5-3-4-6-20(18)25(28)29)24-22(27)23-11-15-7-16(12-23)9-17(8-15)13-23/h3-6,14-17,19H,7-13H2,1-2H3,(H,24,27). The summed E-state index contributed by atoms with van der Waals surface area (Å²) in [5.41, 5.74) is -0.134. The van der Waals surface area contributed by atoms with Gasteiger partial charge in [-0.2, -0.15) is 0 Å². The second kappa shape index (κ2) is 8.00. The Morgan fingerprint density at radius 3 is 2.23 bits per heavy atom. The van der Waals surface area contributed by atoms with Gasteiger partial charge in [0, 0.05) is 11.5 Å². The molecule has 162 valence electrons. The Hall–Kier alpha value is -2.44. The summed E-state index contributed by atoms with van der Waals surface area (Å²) < 4.78 is 5.27. The molecule has 4 bridgehead atoms. The van der Waals surface area contributed by atoms with Crippen LogP contribution in [0.2, 0.25) is 0 Å². The van der Waals surface area contributed by atoms with E-state index in [-0.39, 0.29) is 24.1 Å². The van der Waals surface area contributed by atoms with Crippen molar-refractivity contribution in [1.29, 1.82) is 0 Å². The summed E-state index contributed by atoms with van der Waals surface area (Å²) in [6, 6.07) is 5.53. The van der Waals surface area contributed by atoms with Gasteiger partial charge in [0.2, 0.25) is 5.91 Å². The molecule has 1 aromatic carbocycles. The highest BCUT2D eigenvalue weighted by Gasteiger charge is 2.55. The molecule has 1 aromatic rings. The number of nitro benzene ring substituents is 1. The molecule has 30 heavy (non-hydrogen) atoms. The first kappa shape index (κ1) is 20.8. The van der Waals surface area contributed by atoms with Crippen LogP contribution in [0, 0.1) is 33.3 Å². The van der Waals surface area contributed by atoms with Crippen molar-refractivity contribution in [2.75, 3.05) is 0 Å². The largest absolute Gasteiger partial charge is 0.463 e. The number of carbonyl (C=O) groups is 2. The molecule has 7 nitrogen and oxygen atoms in total. The quantitative estimate of drug-likeness (QED) is 0.407. The fourth-order valence-electron chi connectivity index (χ4n) is 6.36. The minimum absolute atomic E-state index is 0.0536. The number of para-hydroxylation sites is 1. The van der Waals surface area contributed by atoms with Crippen LogP contribution in [0.15, 0.2) is 24.3 Å². The molecule has 4 aliphatic carbocycles. The molecule has 0 aromatic heterocycles. The molecule has 0 radical (unpaired) electrons. The van der Waals surface area contributed by atoms with Gasteiger partial charge >= 0.3 is 5.97 Å². The number of amides is 1. The molecule has 5 rings (SSSR count). The third-order valence-electron chi connectivity index (χ3n) is 7.07. The van der Waals surface area contributed by atoms with Gasteiger partial charge in [-0.25, -0.2) is 0 Å². The van der Waals surface area contributed by atoms with Crippen molar-refractivity contribution in [1.82, 2.24) is 5.32 Å². The van der Waals surface area contributed by atoms with Crippen LogP contribution in [-0.4, -0.2) is 22.9 Å². The maximum absolute atomic E-state index is 13.5. The number of nitrogens with zero attached hydrogens (tertiary/aromatic N) is 1. The van der Waals surface area contributed by atoms with E-state index in [0.717, 1.165) is 19.3 Å². The lowest BCUT2D eigenvalue weighted by Gasteiger charge is -2.55. The van der Waals surface area contributed by atoms with Gasteiger partial charge < -0.3 is 10.1 Å². The van der Waals surface area contributed by atoms with Gasteiger partial charge in [-0.1, -0.05) is 18.2 Å². The van der Waals surface area contributed by atoms with Crippen molar-refractivity contribution in [3.8, 4) is 0 Å². The molecule has 4 saturated carbocycles. The molecule has 4 aliphatic rings. The van der Waals surface area contributed by atoms with E-state index >= 15 is 0 Å². The van der Waals surface area contributed by atoms with Crippen molar-refractivity contribution in [2.24, 2.45) is 23.2 Å². The van der Waals surface area contributed by atoms with Crippen molar-refractivity contribution < 1.29 is 19.2 Å². The number of ether oxygens (including phenoxy) is 1. The summed E-state index contributed by atoms with van der Waals surface area (Å²) >= 11 is 0. The first-order valence-corrected chi connectivity index (χ1v) is 11.0. The highest BCUT2D eigenvalue weighted by Crippen LogP contribution is 2.60. The molecule has 1 atom stereocenters. The average Bonchev–Trinajstić information content (AvgIpc) is 2.65. The Morgan fingerprint density at radius 2 is 1.70 bits per heavy atom. The van der Waals surface area contributed by atoms with Gasteiger partial charge in [0.1, 0.15) is 0 Å². The van der Waals surface area contributed by atoms with Gasteiger partial charge in [0.15, 0.2) is 0 Å². The summed E-state index contributed by atoms with van der Waals surface area (Å²) in [5, 5.41) is 14.6. The second-order valence-electron chi connectivity index (χ2n) is 9.78. The minimum Gasteiger partial charge on any atom is -0.463 e. The molecule has 0 saturated heterocycles. The van der Waals surface area contributed by atoms with Gasteiger partial charge in [-0.05, 0) is 70.1 Å². The molecule has 1 unspecified atom stereocenters. The van der Waals surface area contributed by atoms with E-state index in [1.165, 1.54) is 25.3 Å². The van der Waals surface area contributed by atoms with Crippen LogP contribution in [-0.2, 0) is 14.3 Å². The summed E-state index contributed by atoms with van der Waals surface area (Å²) in [4.78, 5) is 37.0. The van der Waals surface area contributed by atoms with Gasteiger partial charge in [0.05, 0.1) is 29.1 Å². The Labute approximate surface area is 176 Å². The number of benzene rings is 1. The van der Waals surface area contributed by atoms with E-state index in [4.69, 9.17) is 4.74 Å². The predicted molar refractivity (Wildman–Crippen MR) is 110 cm³/mol. The number of rotatable bonds is 7. The van der Waals surface area contributed by atoms with Crippen LogP contribution in [0.3, 0.4) is 0 Å². The smallest absolute Gasteiger partial charge is 0.308 e. The molecular weight excluding hydrogens is 384 g/mol. The average molecular weight is 415 g/mol. The van der Waals surface area contributed by atoms with Crippen LogP contribution in [0.4, 0.5) is 5.69 Å². The zero-order chi connectivity index (χ0) is 21.5. The van der Waals surface area contributed by atoms with E-state index < -0.39 is 22.3 Å². The molecule has 0 heterocycles. The van der Waals surface area contributed by atoms with E-state index in [0.29, 0.717) is 23.3 Å². The van der Waals surface area contributed by atoms with Gasteiger partial charge in [-0.15, -0.1) is 0 Å². The lowest BCUT2D eigenvalue weighted by Crippen LogP contribution is -2.54. The van der Waals surface area contributed by atoms with Crippen molar-refractivity contribution in [3.05, 3.63) is 39.9 Å². The lowest BCUT2D eigenvalue weighted by molar-refractivity contribution is -0.385. The van der Waals surface area contributed by atoms with E-state index in [1.807, 2.05) is 0 Å². The number of nitrogens with one attached hydrogen (secondary N) is 1. The molecule has 4 fully saturated rings. The van der Waals surface area contributed by atoms with Crippen LogP contribution in [0.5, 0.6) is 0 Å². The van der Waals surface area contributed by atoms with Crippen LogP contribution in [0.1, 0.15) is 70.4 Å². The molecule has 0 spiro atoms. The Bertz CT molecular complexity index is 814. The van der Waals surface area contributed by atoms with E-state index in [9.17, 15) is 19.7 Å². The van der Waals surface area contributed by atoms with Crippen LogP contribution < -0.4 is 5.32 Å². The summed E-state index contributed by atoms with van der Waals surface area (Å²) in [6.45, 7) is 3.51. The fraction of sp³-hybridized carbons (Fsp3) is 0.652. The molecule has 1 N–H and O–H groups in total. The number of hydrogen-bond donors (Lipinski definition) is 1. The third-order valence-corrected chi connectivity index (χ3v) is 7.07. The predicted octanol–water partition coefficient (Wildman–Crippen LogP) is 4.31. The van der Waals surface area contributed by atoms with Gasteiger partial charge in [-0.3, -0.25) is 19.7 Å². The molecule has 7 heteroatoms. The lowest BCUT2D eigenvalue weighted by atomic mass is 9.49. The molecular formula is C23H30N2O5. The van der Waals surface area contributed by atoms with Crippen LogP contribution in [0.25, 0.3) is 0 Å². The van der Waals surface area contributed by atoms with Crippen molar-refractivity contribution in [3.63, 3.8) is 0 Å². The number of carbonyl (C=O) groups excluding carboxylic acids is 2. The van der Waals surface area contributed by atoms with E-state index in [1.54, 1.807) is 32.0 Å². The normalized spacial score (nSPS) is 30.2. The Balaban J connectivity index is 1.59. The first-order chi connectivity index (χ1) is 14.3. The maximum atomic E-state index is 13.5. The monoisotopic (exact) mass is 414 g/mol. The molecule has 1 amide bonds. The second-order valence-corrected chi connectivity index (χ2v) is 9.78. The minimum atomic E-state index is -0.779. The number of hydrogen-bond acceptors (Lipinski definition) is 5. The highest BCUT2D eigenvalue weighted by molar-refractivity contribution is 5.84. The summed E-state index contributed by atoms with van der Waals surface area (Å²) in [5.74, 6) is 1.30. The highest BCUT2D eigenvalue weighted by atomic mass is 16.6. The summed E-state index contributed by atoms with van der Waals surface area (Å²) in [6.07, 6.45) is 5.94. The topological polar surface area (TPSA) is 98.5 Å². The maximum Gasteiger partial charge on any atom is 0.308 e. The first-order valence-electron chi connectivity index (χ1n) is 11.0. The number of esters is 1. The zero-order valence-electron chi connectivity index (χ0n) is 17.6. The van der Waals surface area contributed by atoms with Crippen molar-refractivity contribution >= 4 is 17.6 Å². The Kier molecular flexibility index (Phi) is 5.55. The van der Waals surface area contributed by atoms with Crippen molar-refractivity contribution in [2.45, 2.75) is 70.9 Å². The number of nitro groups is 1. The van der Waals surface area contributed by atoms with E-state index in [2.05, 4.69) is 5.32 Å². The zero-order valence-corrected chi connectivity index (χ0v) is 17.6. The SMILES string of the molecule is CC(C)OC(=O)CC(NC(=O)C12CC3CC(CC(C3)C1)C2)c1ccccc1[N+](=O)[O-]. The third kappa shape index (κ3) is 4.07. The van der Waals surface area contributed by atoms with Crippen LogP contribution >= 0.6 is 0 Å². The fourth-order valence-corrected chi connectivity index (χ4v) is 6.36. The van der Waals surface area contributed by atoms with Gasteiger partial charge in [0.25, 0.3) is 5.69 Å².